The Morgan fingerprint density at radius 2 is 1.77 bits per heavy atom. The van der Waals surface area contributed by atoms with Gasteiger partial charge in [0.05, 0.1) is 11.4 Å². The number of fused-ring (bicyclic) bond motifs is 1. The van der Waals surface area contributed by atoms with Crippen LogP contribution in [0.1, 0.15) is 37.0 Å². The number of amides is 1. The van der Waals surface area contributed by atoms with E-state index in [-0.39, 0.29) is 40.1 Å². The topological polar surface area (TPSA) is 54.8 Å². The maximum atomic E-state index is 14.9. The van der Waals surface area contributed by atoms with Gasteiger partial charge in [-0.1, -0.05) is 23.7 Å². The van der Waals surface area contributed by atoms with E-state index >= 15 is 0 Å². The fourth-order valence-electron chi connectivity index (χ4n) is 4.55. The zero-order valence-corrected chi connectivity index (χ0v) is 20.9. The number of ether oxygens (including phenoxy) is 1. The van der Waals surface area contributed by atoms with Crippen LogP contribution in [-0.4, -0.2) is 34.8 Å². The van der Waals surface area contributed by atoms with Crippen molar-refractivity contribution in [1.29, 1.82) is 0 Å². The molecule has 3 aromatic rings. The summed E-state index contributed by atoms with van der Waals surface area (Å²) in [6.45, 7) is 4.07. The number of carbonyl (C=O) groups is 1. The molecule has 0 saturated carbocycles. The molecule has 0 spiro atoms. The Hall–Kier alpha value is -3.03. The molecular formula is C26H23Cl2F2N3O2. The van der Waals surface area contributed by atoms with Crippen molar-refractivity contribution in [2.45, 2.75) is 37.8 Å². The molecule has 0 radical (unpaired) electrons. The van der Waals surface area contributed by atoms with Crippen LogP contribution in [-0.2, 0) is 16.8 Å². The predicted octanol–water partition coefficient (Wildman–Crippen LogP) is 5.95. The number of pyridine rings is 1. The summed E-state index contributed by atoms with van der Waals surface area (Å²) in [4.78, 5) is 23.1. The summed E-state index contributed by atoms with van der Waals surface area (Å²) >= 11 is 5.99. The van der Waals surface area contributed by atoms with E-state index in [1.54, 1.807) is 13.1 Å². The first-order valence-electron chi connectivity index (χ1n) is 10.9. The molecule has 0 bridgehead atoms. The van der Waals surface area contributed by atoms with Gasteiger partial charge < -0.3 is 9.64 Å². The van der Waals surface area contributed by atoms with Gasteiger partial charge in [-0.25, -0.2) is 14.4 Å². The lowest BCUT2D eigenvalue weighted by Crippen LogP contribution is -2.39. The monoisotopic (exact) mass is 517 g/mol. The fraction of sp³-hybridized carbons (Fsp3) is 0.269. The minimum atomic E-state index is -1.44. The molecule has 3 heterocycles. The summed E-state index contributed by atoms with van der Waals surface area (Å²) in [5, 5.41) is 0.170. The molecule has 2 aromatic carbocycles. The molecule has 9 heteroatoms. The smallest absolute Gasteiger partial charge is 0.264 e. The van der Waals surface area contributed by atoms with Gasteiger partial charge in [0.25, 0.3) is 5.91 Å². The molecule has 2 aliphatic rings. The highest BCUT2D eigenvalue weighted by molar-refractivity contribution is 6.30. The van der Waals surface area contributed by atoms with Gasteiger partial charge in [0.1, 0.15) is 17.2 Å². The van der Waals surface area contributed by atoms with Crippen LogP contribution in [0.2, 0.25) is 5.02 Å². The second-order valence-electron chi connectivity index (χ2n) is 9.24. The Morgan fingerprint density at radius 3 is 2.49 bits per heavy atom. The molecular weight excluding hydrogens is 495 g/mol. The van der Waals surface area contributed by atoms with Crippen molar-refractivity contribution in [2.24, 2.45) is 4.99 Å². The maximum absolute atomic E-state index is 14.9. The van der Waals surface area contributed by atoms with Gasteiger partial charge in [0.15, 0.2) is 5.54 Å². The lowest BCUT2D eigenvalue weighted by molar-refractivity contribution is -0.129. The number of aromatic nitrogens is 1. The lowest BCUT2D eigenvalue weighted by Gasteiger charge is -2.34. The summed E-state index contributed by atoms with van der Waals surface area (Å²) in [5.74, 6) is -1.05. The van der Waals surface area contributed by atoms with E-state index in [9.17, 15) is 13.6 Å². The number of benzene rings is 2. The van der Waals surface area contributed by atoms with Crippen molar-refractivity contribution < 1.29 is 18.3 Å². The highest BCUT2D eigenvalue weighted by Gasteiger charge is 2.47. The van der Waals surface area contributed by atoms with Crippen molar-refractivity contribution in [1.82, 2.24) is 9.88 Å². The number of likely N-dealkylation sites (N-methyl/N-ethyl adjacent to an activating group) is 1. The standard InChI is InChI=1S/C26H22ClF2N3O2.ClH/c1-25(2)9-8-15-10-16(5-7-22(15)34-25)26(24(33)32(3)14-31-26)17-4-6-21(28)19(11-17)20-12-18(27)13-30-23(20)29;/h4-7,10-14H,8-9H2,1-3H3;1H. The van der Waals surface area contributed by atoms with E-state index < -0.39 is 17.3 Å². The highest BCUT2D eigenvalue weighted by Crippen LogP contribution is 2.43. The van der Waals surface area contributed by atoms with Crippen LogP contribution in [0.3, 0.4) is 0 Å². The van der Waals surface area contributed by atoms with Gasteiger partial charge in [0, 0.05) is 24.4 Å². The van der Waals surface area contributed by atoms with Gasteiger partial charge in [-0.15, -0.1) is 12.4 Å². The summed E-state index contributed by atoms with van der Waals surface area (Å²) in [6, 6.07) is 11.0. The van der Waals surface area contributed by atoms with Crippen molar-refractivity contribution in [3.05, 3.63) is 82.1 Å². The Morgan fingerprint density at radius 1 is 1.06 bits per heavy atom. The van der Waals surface area contributed by atoms with Crippen LogP contribution in [0, 0.1) is 11.8 Å². The van der Waals surface area contributed by atoms with Crippen molar-refractivity contribution >= 4 is 36.3 Å². The largest absolute Gasteiger partial charge is 0.488 e. The Bertz CT molecular complexity index is 1360. The van der Waals surface area contributed by atoms with E-state index in [0.717, 1.165) is 30.4 Å². The summed E-state index contributed by atoms with van der Waals surface area (Å²) < 4.78 is 35.5. The quantitative estimate of drug-likeness (QED) is 0.403. The summed E-state index contributed by atoms with van der Waals surface area (Å²) in [6.07, 6.45) is 4.22. The molecule has 0 fully saturated rings. The second-order valence-corrected chi connectivity index (χ2v) is 9.68. The molecule has 1 aromatic heterocycles. The molecule has 1 unspecified atom stereocenters. The first-order valence-corrected chi connectivity index (χ1v) is 11.2. The normalized spacial score (nSPS) is 20.3. The maximum Gasteiger partial charge on any atom is 0.264 e. The van der Waals surface area contributed by atoms with Gasteiger partial charge in [-0.05, 0) is 73.7 Å². The van der Waals surface area contributed by atoms with Gasteiger partial charge >= 0.3 is 0 Å². The Labute approximate surface area is 213 Å². The fourth-order valence-corrected chi connectivity index (χ4v) is 4.71. The number of rotatable bonds is 3. The Balaban J connectivity index is 0.00000289. The van der Waals surface area contributed by atoms with Crippen LogP contribution in [0.4, 0.5) is 8.78 Å². The zero-order valence-electron chi connectivity index (χ0n) is 19.3. The number of halogens is 4. The third kappa shape index (κ3) is 4.17. The molecule has 5 rings (SSSR count). The van der Waals surface area contributed by atoms with Crippen LogP contribution in [0.15, 0.2) is 53.7 Å². The van der Waals surface area contributed by atoms with E-state index in [2.05, 4.69) is 9.98 Å². The van der Waals surface area contributed by atoms with Crippen molar-refractivity contribution in [3.63, 3.8) is 0 Å². The number of hydrogen-bond donors (Lipinski definition) is 0. The van der Waals surface area contributed by atoms with E-state index in [1.807, 2.05) is 26.0 Å². The average Bonchev–Trinajstić information content (AvgIpc) is 3.10. The van der Waals surface area contributed by atoms with Crippen LogP contribution in [0.5, 0.6) is 5.75 Å². The molecule has 2 aliphatic heterocycles. The number of aliphatic imine (C=N–C) groups is 1. The molecule has 0 saturated heterocycles. The molecule has 1 atom stereocenters. The van der Waals surface area contributed by atoms with Gasteiger partial charge in [-0.2, -0.15) is 4.39 Å². The van der Waals surface area contributed by atoms with Gasteiger partial charge in [0.2, 0.25) is 5.95 Å². The zero-order chi connectivity index (χ0) is 24.3. The third-order valence-electron chi connectivity index (χ3n) is 6.40. The molecule has 35 heavy (non-hydrogen) atoms. The number of hydrogen-bond acceptors (Lipinski definition) is 4. The second kappa shape index (κ2) is 8.88. The Kier molecular flexibility index (Phi) is 6.36. The third-order valence-corrected chi connectivity index (χ3v) is 6.60. The number of nitrogens with zero attached hydrogens (tertiary/aromatic N) is 3. The average molecular weight is 518 g/mol. The summed E-state index contributed by atoms with van der Waals surface area (Å²) in [7, 11) is 1.61. The number of aryl methyl sites for hydroxylation is 1. The predicted molar refractivity (Wildman–Crippen MR) is 133 cm³/mol. The number of carbonyl (C=O) groups excluding carboxylic acids is 1. The van der Waals surface area contributed by atoms with E-state index in [4.69, 9.17) is 16.3 Å². The minimum Gasteiger partial charge on any atom is -0.488 e. The summed E-state index contributed by atoms with van der Waals surface area (Å²) in [5.41, 5.74) is 0.154. The first-order chi connectivity index (χ1) is 16.1. The molecule has 1 amide bonds. The van der Waals surface area contributed by atoms with Crippen molar-refractivity contribution in [3.8, 4) is 16.9 Å². The molecule has 5 nitrogen and oxygen atoms in total. The van der Waals surface area contributed by atoms with Crippen molar-refractivity contribution in [2.75, 3.05) is 7.05 Å². The first kappa shape index (κ1) is 25.1. The van der Waals surface area contributed by atoms with Gasteiger partial charge in [-0.3, -0.25) is 4.79 Å². The van der Waals surface area contributed by atoms with Crippen LogP contribution in [0.25, 0.3) is 11.1 Å². The molecule has 0 aliphatic carbocycles. The molecule has 0 N–H and O–H groups in total. The highest BCUT2D eigenvalue weighted by atomic mass is 35.5. The van der Waals surface area contributed by atoms with E-state index in [1.165, 1.54) is 35.5 Å². The van der Waals surface area contributed by atoms with E-state index in [0.29, 0.717) is 11.1 Å². The lowest BCUT2D eigenvalue weighted by atomic mass is 9.80. The SMILES string of the molecule is CN1C=NC(c2ccc3c(c2)CCC(C)(C)O3)(c2ccc(F)c(-c3cc(Cl)cnc3F)c2)C1=O.Cl. The minimum absolute atomic E-state index is 0. The van der Waals surface area contributed by atoms with Crippen LogP contribution >= 0.6 is 24.0 Å². The molecule has 182 valence electrons. The van der Waals surface area contributed by atoms with Crippen LogP contribution < -0.4 is 4.74 Å².